The van der Waals surface area contributed by atoms with Crippen molar-refractivity contribution in [2.75, 3.05) is 24.7 Å². The number of Topliss-reactive ketones (excluding diaryl/α,β-unsaturated/α-hetero) is 1. The number of ether oxygens (including phenoxy) is 2. The molecule has 4 aliphatic carbocycles. The van der Waals surface area contributed by atoms with Gasteiger partial charge in [-0.25, -0.2) is 9.18 Å². The molecule has 8 atom stereocenters. The first kappa shape index (κ1) is 30.7. The first-order valence-electron chi connectivity index (χ1n) is 13.8. The van der Waals surface area contributed by atoms with E-state index in [2.05, 4.69) is 6.58 Å². The first-order valence-corrected chi connectivity index (χ1v) is 14.9. The summed E-state index contributed by atoms with van der Waals surface area (Å²) in [6.45, 7) is 9.69. The molecule has 4 rings (SSSR count). The van der Waals surface area contributed by atoms with Gasteiger partial charge in [0.2, 0.25) is 5.78 Å². The quantitative estimate of drug-likeness (QED) is 0.241. The second-order valence-corrected chi connectivity index (χ2v) is 13.3. The summed E-state index contributed by atoms with van der Waals surface area (Å²) >= 11 is 1.18. The van der Waals surface area contributed by atoms with Gasteiger partial charge in [0.15, 0.2) is 18.1 Å². The lowest BCUT2D eigenvalue weighted by molar-refractivity contribution is -0.219. The number of thioether (sulfide) groups is 1. The molecule has 40 heavy (non-hydrogen) atoms. The van der Waals surface area contributed by atoms with Gasteiger partial charge in [0.25, 0.3) is 0 Å². The minimum absolute atomic E-state index is 0.0681. The molecule has 0 heterocycles. The van der Waals surface area contributed by atoms with E-state index in [1.807, 2.05) is 0 Å². The van der Waals surface area contributed by atoms with E-state index in [0.29, 0.717) is 30.6 Å². The standard InChI is InChI=1S/C30H39FO8S/c1-17(2)26(36)38-10-11-40-16-25(35)39-15-24(34)30(37)18(3)12-22-21-7-6-19-13-20(32)8-9-27(19,4)29(21,31)23(33)14-28(22,30)5/h8-9,13,18,21-23,33,37H,1,6-7,10-12,14-16H2,2-5H3/t18-,21?,22?,23?,27?,28?,29+,30+/m1/s1. The zero-order valence-corrected chi connectivity index (χ0v) is 24.4. The summed E-state index contributed by atoms with van der Waals surface area (Å²) in [4.78, 5) is 49.2. The van der Waals surface area contributed by atoms with Crippen LogP contribution in [0, 0.1) is 28.6 Å². The minimum atomic E-state index is -2.06. The predicted molar refractivity (Wildman–Crippen MR) is 147 cm³/mol. The Labute approximate surface area is 238 Å². The molecule has 5 unspecified atom stereocenters. The Morgan fingerprint density at radius 3 is 2.60 bits per heavy atom. The lowest BCUT2D eigenvalue weighted by Crippen LogP contribution is -2.69. The van der Waals surface area contributed by atoms with Gasteiger partial charge in [-0.1, -0.05) is 32.1 Å². The van der Waals surface area contributed by atoms with E-state index >= 15 is 4.39 Å². The molecule has 0 spiro atoms. The number of alkyl halides is 1. The monoisotopic (exact) mass is 578 g/mol. The third-order valence-electron chi connectivity index (χ3n) is 10.0. The van der Waals surface area contributed by atoms with Crippen LogP contribution in [0.5, 0.6) is 0 Å². The first-order chi connectivity index (χ1) is 18.6. The van der Waals surface area contributed by atoms with Crippen LogP contribution in [0.15, 0.2) is 36.0 Å². The molecule has 0 aromatic carbocycles. The summed E-state index contributed by atoms with van der Waals surface area (Å²) in [7, 11) is 0. The Kier molecular flexibility index (Phi) is 8.30. The van der Waals surface area contributed by atoms with Crippen molar-refractivity contribution in [2.24, 2.45) is 28.6 Å². The number of fused-ring (bicyclic) bond motifs is 5. The highest BCUT2D eigenvalue weighted by atomic mass is 32.2. The highest BCUT2D eigenvalue weighted by molar-refractivity contribution is 7.99. The van der Waals surface area contributed by atoms with Crippen molar-refractivity contribution >= 4 is 35.3 Å². The summed E-state index contributed by atoms with van der Waals surface area (Å²) in [6.07, 6.45) is 4.03. The average molecular weight is 579 g/mol. The van der Waals surface area contributed by atoms with Crippen molar-refractivity contribution in [3.8, 4) is 0 Å². The molecule has 10 heteroatoms. The molecular formula is C30H39FO8S. The van der Waals surface area contributed by atoms with Crippen molar-refractivity contribution in [2.45, 2.75) is 70.8 Å². The van der Waals surface area contributed by atoms with Crippen molar-refractivity contribution in [3.05, 3.63) is 36.0 Å². The predicted octanol–water partition coefficient (Wildman–Crippen LogP) is 3.30. The Morgan fingerprint density at radius 2 is 1.93 bits per heavy atom. The number of carbonyl (C=O) groups excluding carboxylic acids is 4. The molecule has 0 saturated heterocycles. The topological polar surface area (TPSA) is 127 Å². The Balaban J connectivity index is 1.44. The van der Waals surface area contributed by atoms with Crippen LogP contribution in [-0.2, 0) is 28.7 Å². The highest BCUT2D eigenvalue weighted by Gasteiger charge is 2.75. The Hall–Kier alpha value is -2.30. The van der Waals surface area contributed by atoms with E-state index < -0.39 is 70.3 Å². The zero-order chi connectivity index (χ0) is 29.7. The molecule has 0 aliphatic heterocycles. The molecule has 3 saturated carbocycles. The second kappa shape index (κ2) is 10.8. The van der Waals surface area contributed by atoms with E-state index in [9.17, 15) is 29.4 Å². The van der Waals surface area contributed by atoms with Gasteiger partial charge in [0, 0.05) is 28.1 Å². The normalized spacial score (nSPS) is 39.9. The van der Waals surface area contributed by atoms with Crippen molar-refractivity contribution in [3.63, 3.8) is 0 Å². The summed E-state index contributed by atoms with van der Waals surface area (Å²) < 4.78 is 27.4. The lowest BCUT2D eigenvalue weighted by atomic mass is 9.44. The fourth-order valence-electron chi connectivity index (χ4n) is 7.91. The minimum Gasteiger partial charge on any atom is -0.461 e. The fourth-order valence-corrected chi connectivity index (χ4v) is 8.51. The maximum absolute atomic E-state index is 17.2. The van der Waals surface area contributed by atoms with Crippen LogP contribution < -0.4 is 0 Å². The molecule has 4 aliphatic rings. The van der Waals surface area contributed by atoms with E-state index in [1.54, 1.807) is 26.8 Å². The number of ketones is 2. The number of hydrogen-bond acceptors (Lipinski definition) is 9. The third kappa shape index (κ3) is 4.60. The van der Waals surface area contributed by atoms with Gasteiger partial charge in [-0.15, -0.1) is 11.8 Å². The smallest absolute Gasteiger partial charge is 0.333 e. The van der Waals surface area contributed by atoms with Crippen LogP contribution in [0.3, 0.4) is 0 Å². The summed E-state index contributed by atoms with van der Waals surface area (Å²) in [5, 5.41) is 23.4. The zero-order valence-electron chi connectivity index (χ0n) is 23.5. The maximum Gasteiger partial charge on any atom is 0.333 e. The molecule has 8 nitrogen and oxygen atoms in total. The fraction of sp³-hybridized carbons (Fsp3) is 0.667. The van der Waals surface area contributed by atoms with Crippen molar-refractivity contribution in [1.82, 2.24) is 0 Å². The average Bonchev–Trinajstić information content (AvgIpc) is 3.09. The molecule has 220 valence electrons. The number of allylic oxidation sites excluding steroid dienone is 4. The molecule has 0 radical (unpaired) electrons. The molecule has 3 fully saturated rings. The van der Waals surface area contributed by atoms with E-state index in [4.69, 9.17) is 9.47 Å². The van der Waals surface area contributed by atoms with E-state index in [0.717, 1.165) is 0 Å². The Bertz CT molecular complexity index is 1180. The lowest BCUT2D eigenvalue weighted by Gasteiger charge is -2.62. The number of aliphatic hydroxyl groups is 2. The van der Waals surface area contributed by atoms with Crippen LogP contribution in [0.2, 0.25) is 0 Å². The van der Waals surface area contributed by atoms with Gasteiger partial charge in [0.1, 0.15) is 12.2 Å². The molecular weight excluding hydrogens is 539 g/mol. The SMILES string of the molecule is C=C(C)C(=O)OCCSCC(=O)OCC(=O)[C@@]1(O)[C@H](C)CC2C3CCC4=CC(=O)C=CC4(C)[C@@]3(F)C(O)CC21C. The van der Waals surface area contributed by atoms with Gasteiger partial charge in [-0.2, -0.15) is 0 Å². The Morgan fingerprint density at radius 1 is 1.23 bits per heavy atom. The van der Waals surface area contributed by atoms with Gasteiger partial charge < -0.3 is 19.7 Å². The van der Waals surface area contributed by atoms with Gasteiger partial charge in [0.05, 0.1) is 11.9 Å². The van der Waals surface area contributed by atoms with Crippen LogP contribution >= 0.6 is 11.8 Å². The van der Waals surface area contributed by atoms with Crippen LogP contribution in [-0.4, -0.2) is 75.8 Å². The van der Waals surface area contributed by atoms with Crippen LogP contribution in [0.25, 0.3) is 0 Å². The van der Waals surface area contributed by atoms with Crippen LogP contribution in [0.1, 0.15) is 53.4 Å². The summed E-state index contributed by atoms with van der Waals surface area (Å²) in [5.41, 5.74) is -5.33. The number of aliphatic hydroxyl groups excluding tert-OH is 1. The summed E-state index contributed by atoms with van der Waals surface area (Å²) in [6, 6.07) is 0. The molecule has 0 amide bonds. The van der Waals surface area contributed by atoms with Gasteiger partial charge in [-0.3, -0.25) is 14.4 Å². The molecule has 2 N–H and O–H groups in total. The maximum atomic E-state index is 17.2. The van der Waals surface area contributed by atoms with E-state index in [1.165, 1.54) is 30.8 Å². The third-order valence-corrected chi connectivity index (χ3v) is 10.9. The number of hydrogen-bond donors (Lipinski definition) is 2. The summed E-state index contributed by atoms with van der Waals surface area (Å²) in [5.74, 6) is -3.32. The van der Waals surface area contributed by atoms with E-state index in [-0.39, 0.29) is 30.1 Å². The molecule has 0 aromatic rings. The molecule has 0 aromatic heterocycles. The van der Waals surface area contributed by atoms with Gasteiger partial charge in [-0.05, 0) is 63.5 Å². The van der Waals surface area contributed by atoms with Crippen molar-refractivity contribution < 1.29 is 43.3 Å². The largest absolute Gasteiger partial charge is 0.461 e. The molecule has 0 bridgehead atoms. The van der Waals surface area contributed by atoms with Crippen LogP contribution in [0.4, 0.5) is 4.39 Å². The highest BCUT2D eigenvalue weighted by Crippen LogP contribution is 2.70. The van der Waals surface area contributed by atoms with Crippen molar-refractivity contribution in [1.29, 1.82) is 0 Å². The number of halogens is 1. The second-order valence-electron chi connectivity index (χ2n) is 12.2. The van der Waals surface area contributed by atoms with Gasteiger partial charge >= 0.3 is 11.9 Å². The number of carbonyl (C=O) groups is 4. The number of esters is 2. The number of rotatable bonds is 9.